The van der Waals surface area contributed by atoms with Gasteiger partial charge in [0.1, 0.15) is 18.1 Å². The summed E-state index contributed by atoms with van der Waals surface area (Å²) in [4.78, 5) is 37.9. The highest BCUT2D eigenvalue weighted by molar-refractivity contribution is 9.10. The first kappa shape index (κ1) is 25.3. The topological polar surface area (TPSA) is 107 Å². The lowest BCUT2D eigenvalue weighted by Crippen LogP contribution is -2.30. The van der Waals surface area contributed by atoms with Crippen molar-refractivity contribution in [2.45, 2.75) is 13.2 Å². The van der Waals surface area contributed by atoms with Gasteiger partial charge in [0.15, 0.2) is 11.5 Å². The molecule has 0 unspecified atom stereocenters. The number of rotatable bonds is 8. The molecule has 4 rings (SSSR count). The molecule has 0 spiro atoms. The van der Waals surface area contributed by atoms with Crippen LogP contribution in [0, 0.1) is 0 Å². The summed E-state index contributed by atoms with van der Waals surface area (Å²) in [6.07, 6.45) is 1.53. The Morgan fingerprint density at radius 2 is 1.86 bits per heavy atom. The molecule has 0 radical (unpaired) electrons. The van der Waals surface area contributed by atoms with Crippen LogP contribution in [0.2, 0.25) is 5.02 Å². The highest BCUT2D eigenvalue weighted by atomic mass is 79.9. The molecule has 0 aliphatic carbocycles. The molecule has 1 aliphatic heterocycles. The standard InChI is InChI=1S/C25H20BrClN2O7/c1-33-21-10-15(18(26)11-22(21)35-13-14-3-5-16(27)6-4-14)9-19-23(30)29(25(32)28-19)12-17-7-8-20(36-17)24(31)34-2/h3-11H,12-13H2,1-2H3,(H,28,32)/b19-9-. The molecule has 1 aromatic heterocycles. The van der Waals surface area contributed by atoms with E-state index >= 15 is 0 Å². The quantitative estimate of drug-likeness (QED) is 0.225. The Labute approximate surface area is 219 Å². The molecule has 3 amide bonds. The predicted molar refractivity (Wildman–Crippen MR) is 134 cm³/mol. The average molecular weight is 576 g/mol. The molecule has 186 valence electrons. The zero-order valence-electron chi connectivity index (χ0n) is 19.2. The second kappa shape index (κ2) is 10.9. The summed E-state index contributed by atoms with van der Waals surface area (Å²) >= 11 is 9.41. The minimum Gasteiger partial charge on any atom is -0.493 e. The maximum Gasteiger partial charge on any atom is 0.373 e. The van der Waals surface area contributed by atoms with Gasteiger partial charge in [0.05, 0.1) is 20.8 Å². The lowest BCUT2D eigenvalue weighted by molar-refractivity contribution is -0.123. The van der Waals surface area contributed by atoms with E-state index in [4.69, 9.17) is 25.5 Å². The molecule has 9 nitrogen and oxygen atoms in total. The monoisotopic (exact) mass is 574 g/mol. The molecule has 2 aromatic carbocycles. The molecule has 0 saturated carbocycles. The van der Waals surface area contributed by atoms with Gasteiger partial charge in [-0.05, 0) is 53.6 Å². The zero-order chi connectivity index (χ0) is 25.8. The number of halogens is 2. The fraction of sp³-hybridized carbons (Fsp3) is 0.160. The maximum absolute atomic E-state index is 12.9. The van der Waals surface area contributed by atoms with Crippen molar-refractivity contribution in [3.05, 3.63) is 86.4 Å². The van der Waals surface area contributed by atoms with Gasteiger partial charge in [-0.25, -0.2) is 9.59 Å². The fourth-order valence-corrected chi connectivity index (χ4v) is 3.94. The first-order valence-electron chi connectivity index (χ1n) is 10.6. The number of amides is 3. The molecular weight excluding hydrogens is 556 g/mol. The molecule has 0 atom stereocenters. The summed E-state index contributed by atoms with van der Waals surface area (Å²) in [7, 11) is 2.73. The minimum atomic E-state index is -0.654. The van der Waals surface area contributed by atoms with Crippen LogP contribution in [0.25, 0.3) is 6.08 Å². The molecule has 1 aliphatic rings. The van der Waals surface area contributed by atoms with Crippen LogP contribution in [0.1, 0.15) is 27.4 Å². The van der Waals surface area contributed by atoms with Crippen LogP contribution in [0.3, 0.4) is 0 Å². The first-order chi connectivity index (χ1) is 17.3. The highest BCUT2D eigenvalue weighted by Gasteiger charge is 2.34. The number of nitrogens with one attached hydrogen (secondary N) is 1. The average Bonchev–Trinajstić information content (AvgIpc) is 3.45. The zero-order valence-corrected chi connectivity index (χ0v) is 21.5. The van der Waals surface area contributed by atoms with E-state index in [1.165, 1.54) is 32.4 Å². The predicted octanol–water partition coefficient (Wildman–Crippen LogP) is 5.16. The molecule has 1 N–H and O–H groups in total. The van der Waals surface area contributed by atoms with Gasteiger partial charge in [-0.15, -0.1) is 0 Å². The largest absolute Gasteiger partial charge is 0.493 e. The number of carbonyl (C=O) groups is 3. The number of imide groups is 1. The van der Waals surface area contributed by atoms with Crippen molar-refractivity contribution < 1.29 is 33.0 Å². The normalized spacial score (nSPS) is 14.2. The molecular formula is C25H20BrClN2O7. The molecule has 0 bridgehead atoms. The third-order valence-electron chi connectivity index (χ3n) is 5.21. The van der Waals surface area contributed by atoms with Crippen molar-refractivity contribution in [1.82, 2.24) is 10.2 Å². The van der Waals surface area contributed by atoms with Gasteiger partial charge < -0.3 is 23.9 Å². The Morgan fingerprint density at radius 1 is 1.11 bits per heavy atom. The third kappa shape index (κ3) is 5.55. The maximum atomic E-state index is 12.9. The van der Waals surface area contributed by atoms with Crippen molar-refractivity contribution in [2.24, 2.45) is 0 Å². The summed E-state index contributed by atoms with van der Waals surface area (Å²) in [6.45, 7) is 0.148. The SMILES string of the molecule is COC(=O)c1ccc(CN2C(=O)N/C(=C\c3cc(OC)c(OCc4ccc(Cl)cc4)cc3Br)C2=O)o1. The van der Waals surface area contributed by atoms with Gasteiger partial charge in [0.2, 0.25) is 5.76 Å². The van der Waals surface area contributed by atoms with Crippen molar-refractivity contribution in [2.75, 3.05) is 14.2 Å². The van der Waals surface area contributed by atoms with Crippen LogP contribution < -0.4 is 14.8 Å². The van der Waals surface area contributed by atoms with Gasteiger partial charge in [0, 0.05) is 9.50 Å². The molecule has 11 heteroatoms. The number of furan rings is 1. The van der Waals surface area contributed by atoms with Crippen LogP contribution in [0.4, 0.5) is 4.79 Å². The van der Waals surface area contributed by atoms with E-state index in [0.717, 1.165) is 10.5 Å². The molecule has 1 fully saturated rings. The number of nitrogens with zero attached hydrogens (tertiary/aromatic N) is 1. The lowest BCUT2D eigenvalue weighted by atomic mass is 10.1. The summed E-state index contributed by atoms with van der Waals surface area (Å²) in [5.41, 5.74) is 1.58. The van der Waals surface area contributed by atoms with Gasteiger partial charge >= 0.3 is 12.0 Å². The summed E-state index contributed by atoms with van der Waals surface area (Å²) < 4.78 is 21.9. The van der Waals surface area contributed by atoms with Crippen LogP contribution in [-0.2, 0) is 22.7 Å². The number of benzene rings is 2. The molecule has 1 saturated heterocycles. The van der Waals surface area contributed by atoms with Crippen LogP contribution in [0.15, 0.2) is 63.1 Å². The van der Waals surface area contributed by atoms with Crippen molar-refractivity contribution in [3.8, 4) is 11.5 Å². The number of carbonyl (C=O) groups excluding carboxylic acids is 3. The highest BCUT2D eigenvalue weighted by Crippen LogP contribution is 2.35. The number of ether oxygens (including phenoxy) is 3. The molecule has 36 heavy (non-hydrogen) atoms. The van der Waals surface area contributed by atoms with Crippen LogP contribution in [0.5, 0.6) is 11.5 Å². The van der Waals surface area contributed by atoms with Crippen molar-refractivity contribution >= 4 is 51.5 Å². The fourth-order valence-electron chi connectivity index (χ4n) is 3.38. The van der Waals surface area contributed by atoms with E-state index in [1.807, 2.05) is 12.1 Å². The third-order valence-corrected chi connectivity index (χ3v) is 6.15. The Kier molecular flexibility index (Phi) is 7.66. The number of hydrogen-bond donors (Lipinski definition) is 1. The van der Waals surface area contributed by atoms with Crippen molar-refractivity contribution in [1.29, 1.82) is 0 Å². The number of methoxy groups -OCH3 is 2. The Balaban J connectivity index is 1.50. The summed E-state index contributed by atoms with van der Waals surface area (Å²) in [5, 5.41) is 3.19. The second-order valence-corrected chi connectivity index (χ2v) is 8.87. The van der Waals surface area contributed by atoms with Gasteiger partial charge in [-0.1, -0.05) is 39.7 Å². The van der Waals surface area contributed by atoms with E-state index in [2.05, 4.69) is 26.0 Å². The van der Waals surface area contributed by atoms with Crippen LogP contribution in [-0.4, -0.2) is 37.0 Å². The number of hydrogen-bond acceptors (Lipinski definition) is 7. The Hall–Kier alpha value is -3.76. The van der Waals surface area contributed by atoms with Crippen molar-refractivity contribution in [3.63, 3.8) is 0 Å². The van der Waals surface area contributed by atoms with E-state index in [1.54, 1.807) is 24.3 Å². The molecule has 3 aromatic rings. The van der Waals surface area contributed by atoms with Crippen LogP contribution >= 0.6 is 27.5 Å². The summed E-state index contributed by atoms with van der Waals surface area (Å²) in [6, 6.07) is 13.0. The first-order valence-corrected chi connectivity index (χ1v) is 11.7. The van der Waals surface area contributed by atoms with E-state index in [0.29, 0.717) is 33.2 Å². The Bertz CT molecular complexity index is 1350. The second-order valence-electron chi connectivity index (χ2n) is 7.58. The van der Waals surface area contributed by atoms with Gasteiger partial charge in [-0.2, -0.15) is 0 Å². The lowest BCUT2D eigenvalue weighted by Gasteiger charge is -2.13. The molecule has 2 heterocycles. The van der Waals surface area contributed by atoms with E-state index in [-0.39, 0.29) is 23.8 Å². The Morgan fingerprint density at radius 3 is 2.56 bits per heavy atom. The van der Waals surface area contributed by atoms with Gasteiger partial charge in [-0.3, -0.25) is 9.69 Å². The van der Waals surface area contributed by atoms with Gasteiger partial charge in [0.25, 0.3) is 5.91 Å². The minimum absolute atomic E-state index is 0.0234. The number of esters is 1. The van der Waals surface area contributed by atoms with E-state index < -0.39 is 17.9 Å². The smallest absolute Gasteiger partial charge is 0.373 e. The number of urea groups is 1. The van der Waals surface area contributed by atoms with E-state index in [9.17, 15) is 14.4 Å². The summed E-state index contributed by atoms with van der Waals surface area (Å²) in [5.74, 6) is -0.0408.